The van der Waals surface area contributed by atoms with E-state index >= 15 is 0 Å². The first-order chi connectivity index (χ1) is 15.0. The molecular weight excluding hydrogens is 437 g/mol. The number of methoxy groups -OCH3 is 1. The Balaban J connectivity index is 1.60. The van der Waals surface area contributed by atoms with Crippen molar-refractivity contribution in [2.24, 2.45) is 0 Å². The molecule has 0 saturated heterocycles. The first-order valence-electron chi connectivity index (χ1n) is 9.97. The molecule has 2 N–H and O–H groups in total. The molecule has 4 rings (SSSR count). The third-order valence-electron chi connectivity index (χ3n) is 5.29. The lowest BCUT2D eigenvalue weighted by atomic mass is 10.0. The fraction of sp³-hybridized carbons (Fsp3) is 0.318. The summed E-state index contributed by atoms with van der Waals surface area (Å²) in [6.45, 7) is 0.987. The van der Waals surface area contributed by atoms with Gasteiger partial charge in [-0.1, -0.05) is 0 Å². The van der Waals surface area contributed by atoms with Crippen molar-refractivity contribution in [2.75, 3.05) is 19.5 Å². The van der Waals surface area contributed by atoms with Crippen molar-refractivity contribution in [3.63, 3.8) is 0 Å². The summed E-state index contributed by atoms with van der Waals surface area (Å²) in [5, 5.41) is 3.46. The number of fused-ring (bicyclic) bond motifs is 2. The van der Waals surface area contributed by atoms with E-state index in [9.17, 15) is 14.0 Å². The zero-order valence-corrected chi connectivity index (χ0v) is 18.6. The number of carbonyl (C=O) groups is 1. The molecule has 0 unspecified atom stereocenters. The number of aromatic amines is 1. The van der Waals surface area contributed by atoms with Crippen LogP contribution >= 0.6 is 24.0 Å². The number of hydrogen-bond acceptors (Lipinski definition) is 5. The van der Waals surface area contributed by atoms with Crippen LogP contribution in [0.15, 0.2) is 46.1 Å². The van der Waals surface area contributed by atoms with Crippen LogP contribution in [0.5, 0.6) is 0 Å². The van der Waals surface area contributed by atoms with Crippen molar-refractivity contribution < 1.29 is 13.9 Å². The second-order valence-electron chi connectivity index (χ2n) is 7.34. The van der Waals surface area contributed by atoms with Gasteiger partial charge in [-0.2, -0.15) is 0 Å². The largest absolute Gasteiger partial charge is 0.385 e. The molecule has 0 fully saturated rings. The molecule has 6 nitrogen and oxygen atoms in total. The molecule has 2 heterocycles. The van der Waals surface area contributed by atoms with E-state index in [1.165, 1.54) is 16.7 Å². The lowest BCUT2D eigenvalue weighted by Gasteiger charge is -2.26. The molecule has 9 heteroatoms. The molecule has 3 aromatic rings. The van der Waals surface area contributed by atoms with Crippen LogP contribution in [0.25, 0.3) is 10.9 Å². The van der Waals surface area contributed by atoms with E-state index in [4.69, 9.17) is 17.0 Å². The summed E-state index contributed by atoms with van der Waals surface area (Å²) < 4.78 is 20.6. The lowest BCUT2D eigenvalue weighted by molar-refractivity contribution is 0.0935. The number of hydrogen-bond donors (Lipinski definition) is 2. The number of H-pyrrole nitrogens is 1. The third kappa shape index (κ3) is 4.58. The van der Waals surface area contributed by atoms with E-state index in [0.29, 0.717) is 40.8 Å². The highest BCUT2D eigenvalue weighted by molar-refractivity contribution is 7.99. The van der Waals surface area contributed by atoms with Crippen LogP contribution in [-0.4, -0.2) is 34.9 Å². The second-order valence-corrected chi connectivity index (χ2v) is 8.86. The van der Waals surface area contributed by atoms with Crippen molar-refractivity contribution in [2.45, 2.75) is 30.3 Å². The van der Waals surface area contributed by atoms with E-state index in [0.717, 1.165) is 22.6 Å². The van der Waals surface area contributed by atoms with Gasteiger partial charge in [-0.15, -0.1) is 11.8 Å². The summed E-state index contributed by atoms with van der Waals surface area (Å²) in [4.78, 5) is 29.8. The summed E-state index contributed by atoms with van der Waals surface area (Å²) in [6.07, 6.45) is 1.39. The third-order valence-corrected chi connectivity index (χ3v) is 6.74. The molecule has 1 aliphatic rings. The van der Waals surface area contributed by atoms with Gasteiger partial charge in [0, 0.05) is 36.5 Å². The summed E-state index contributed by atoms with van der Waals surface area (Å²) in [7, 11) is 1.61. The van der Waals surface area contributed by atoms with Gasteiger partial charge in [0.05, 0.1) is 16.9 Å². The fourth-order valence-electron chi connectivity index (χ4n) is 3.72. The molecule has 1 aliphatic heterocycles. The van der Waals surface area contributed by atoms with Crippen LogP contribution in [-0.2, 0) is 11.3 Å². The number of benzene rings is 2. The molecule has 0 saturated carbocycles. The SMILES string of the molecule is COCCCn1c(=S)[nH]c2cc(C(=O)N[C@H]3CCSc4ccc(F)cc43)ccc2c1=O. The molecule has 0 aliphatic carbocycles. The molecule has 1 aromatic heterocycles. The number of halogens is 1. The van der Waals surface area contributed by atoms with E-state index in [1.54, 1.807) is 43.1 Å². The number of carbonyl (C=O) groups excluding carboxylic acids is 1. The van der Waals surface area contributed by atoms with E-state index in [1.807, 2.05) is 0 Å². The Labute approximate surface area is 187 Å². The Morgan fingerprint density at radius 1 is 1.35 bits per heavy atom. The summed E-state index contributed by atoms with van der Waals surface area (Å²) in [5.41, 5.74) is 1.52. The van der Waals surface area contributed by atoms with Crippen LogP contribution in [0.1, 0.15) is 34.8 Å². The van der Waals surface area contributed by atoms with Gasteiger partial charge in [0.25, 0.3) is 11.5 Å². The van der Waals surface area contributed by atoms with Crippen LogP contribution in [0.3, 0.4) is 0 Å². The predicted octanol–water partition coefficient (Wildman–Crippen LogP) is 4.20. The number of aromatic nitrogens is 2. The molecule has 0 bridgehead atoms. The number of thioether (sulfide) groups is 1. The van der Waals surface area contributed by atoms with Crippen molar-refractivity contribution in [1.82, 2.24) is 14.9 Å². The quantitative estimate of drug-likeness (QED) is 0.427. The Morgan fingerprint density at radius 2 is 2.19 bits per heavy atom. The van der Waals surface area contributed by atoms with Gasteiger partial charge in [0.15, 0.2) is 4.77 Å². The van der Waals surface area contributed by atoms with Crippen molar-refractivity contribution in [3.8, 4) is 0 Å². The summed E-state index contributed by atoms with van der Waals surface area (Å²) in [6, 6.07) is 9.30. The number of amides is 1. The molecule has 31 heavy (non-hydrogen) atoms. The van der Waals surface area contributed by atoms with Crippen molar-refractivity contribution in [1.29, 1.82) is 0 Å². The zero-order valence-electron chi connectivity index (χ0n) is 16.9. The zero-order chi connectivity index (χ0) is 22.0. The minimum Gasteiger partial charge on any atom is -0.385 e. The first kappa shape index (κ1) is 21.7. The van der Waals surface area contributed by atoms with Gasteiger partial charge in [0.1, 0.15) is 5.82 Å². The van der Waals surface area contributed by atoms with E-state index in [-0.39, 0.29) is 23.3 Å². The van der Waals surface area contributed by atoms with Gasteiger partial charge in [-0.3, -0.25) is 14.2 Å². The average Bonchev–Trinajstić information content (AvgIpc) is 2.76. The standard InChI is InChI=1S/C22H22FN3O3S2/c1-29-9-2-8-26-21(28)15-5-3-13(11-18(15)25-22(26)30)20(27)24-17-7-10-31-19-6-4-14(23)12-16(17)19/h3-6,11-12,17H,2,7-10H2,1H3,(H,24,27)(H,25,30)/t17-/m0/s1. The number of nitrogens with one attached hydrogen (secondary N) is 2. The number of ether oxygens (including phenoxy) is 1. The fourth-order valence-corrected chi connectivity index (χ4v) is 5.11. The van der Waals surface area contributed by atoms with Gasteiger partial charge in [0.2, 0.25) is 0 Å². The molecule has 2 aromatic carbocycles. The van der Waals surface area contributed by atoms with Crippen LogP contribution in [0.4, 0.5) is 4.39 Å². The van der Waals surface area contributed by atoms with E-state index in [2.05, 4.69) is 10.3 Å². The van der Waals surface area contributed by atoms with E-state index < -0.39 is 0 Å². The Hall–Kier alpha value is -2.49. The first-order valence-corrected chi connectivity index (χ1v) is 11.4. The Kier molecular flexibility index (Phi) is 6.54. The minimum absolute atomic E-state index is 0.199. The van der Waals surface area contributed by atoms with Crippen LogP contribution in [0, 0.1) is 10.6 Å². The molecule has 162 valence electrons. The van der Waals surface area contributed by atoms with Gasteiger partial charge >= 0.3 is 0 Å². The molecule has 0 radical (unpaired) electrons. The van der Waals surface area contributed by atoms with Crippen LogP contribution < -0.4 is 10.9 Å². The molecule has 0 spiro atoms. The smallest absolute Gasteiger partial charge is 0.262 e. The van der Waals surface area contributed by atoms with Crippen molar-refractivity contribution >= 4 is 40.8 Å². The molecular formula is C22H22FN3O3S2. The van der Waals surface area contributed by atoms with Crippen LogP contribution in [0.2, 0.25) is 0 Å². The minimum atomic E-state index is -0.319. The Morgan fingerprint density at radius 3 is 3.00 bits per heavy atom. The Bertz CT molecular complexity index is 1250. The summed E-state index contributed by atoms with van der Waals surface area (Å²) in [5.74, 6) is 0.245. The highest BCUT2D eigenvalue weighted by Gasteiger charge is 2.23. The monoisotopic (exact) mass is 459 g/mol. The molecule has 1 atom stereocenters. The van der Waals surface area contributed by atoms with Gasteiger partial charge < -0.3 is 15.0 Å². The van der Waals surface area contributed by atoms with Crippen molar-refractivity contribution in [3.05, 3.63) is 68.5 Å². The summed E-state index contributed by atoms with van der Waals surface area (Å²) >= 11 is 7.00. The molecule has 1 amide bonds. The number of nitrogens with zero attached hydrogens (tertiary/aromatic N) is 1. The number of rotatable bonds is 6. The lowest BCUT2D eigenvalue weighted by Crippen LogP contribution is -2.31. The predicted molar refractivity (Wildman–Crippen MR) is 122 cm³/mol. The highest BCUT2D eigenvalue weighted by atomic mass is 32.2. The van der Waals surface area contributed by atoms with Gasteiger partial charge in [-0.05, 0) is 67.0 Å². The second kappa shape index (κ2) is 9.33. The topological polar surface area (TPSA) is 76.1 Å². The maximum absolute atomic E-state index is 13.7. The van der Waals surface area contributed by atoms with Gasteiger partial charge in [-0.25, -0.2) is 4.39 Å². The highest BCUT2D eigenvalue weighted by Crippen LogP contribution is 2.36. The maximum Gasteiger partial charge on any atom is 0.262 e. The average molecular weight is 460 g/mol. The maximum atomic E-state index is 13.7. The normalized spacial score (nSPS) is 15.6.